The lowest BCUT2D eigenvalue weighted by atomic mass is 9.96. The van der Waals surface area contributed by atoms with Crippen LogP contribution in [0.5, 0.6) is 0 Å². The zero-order valence-electron chi connectivity index (χ0n) is 14.1. The largest absolute Gasteiger partial charge is 0.468 e. The van der Waals surface area contributed by atoms with E-state index >= 15 is 0 Å². The second-order valence-electron chi connectivity index (χ2n) is 7.42. The van der Waals surface area contributed by atoms with Crippen LogP contribution in [0.3, 0.4) is 0 Å². The predicted molar refractivity (Wildman–Crippen MR) is 82.3 cm³/mol. The Hall–Kier alpha value is -0.650. The fourth-order valence-corrected chi connectivity index (χ4v) is 3.27. The van der Waals surface area contributed by atoms with Gasteiger partial charge >= 0.3 is 5.97 Å². The number of ether oxygens (including phenoxy) is 2. The summed E-state index contributed by atoms with van der Waals surface area (Å²) < 4.78 is 10.9. The lowest BCUT2D eigenvalue weighted by Gasteiger charge is -2.42. The third-order valence-corrected chi connectivity index (χ3v) is 4.30. The van der Waals surface area contributed by atoms with Gasteiger partial charge in [-0.3, -0.25) is 15.0 Å². The van der Waals surface area contributed by atoms with Gasteiger partial charge in [-0.05, 0) is 47.0 Å². The number of rotatable bonds is 6. The summed E-state index contributed by atoms with van der Waals surface area (Å²) in [6.07, 6.45) is 3.32. The second-order valence-corrected chi connectivity index (χ2v) is 7.42. The van der Waals surface area contributed by atoms with Crippen LogP contribution in [-0.2, 0) is 14.3 Å². The van der Waals surface area contributed by atoms with E-state index in [0.717, 1.165) is 38.9 Å². The average molecular weight is 298 g/mol. The van der Waals surface area contributed by atoms with Crippen molar-refractivity contribution in [1.29, 1.82) is 0 Å². The van der Waals surface area contributed by atoms with Crippen molar-refractivity contribution in [2.75, 3.05) is 26.7 Å². The highest BCUT2D eigenvalue weighted by Crippen LogP contribution is 2.26. The summed E-state index contributed by atoms with van der Waals surface area (Å²) in [5.74, 6) is -0.157. The van der Waals surface area contributed by atoms with E-state index in [1.807, 2.05) is 6.92 Å². The van der Waals surface area contributed by atoms with E-state index in [2.05, 4.69) is 31.0 Å². The normalized spacial score (nSPS) is 28.9. The van der Waals surface area contributed by atoms with Crippen molar-refractivity contribution in [3.63, 3.8) is 0 Å². The Balaban J connectivity index is 1.92. The van der Waals surface area contributed by atoms with E-state index < -0.39 is 5.54 Å². The molecule has 0 bridgehead atoms. The van der Waals surface area contributed by atoms with Gasteiger partial charge in [0.1, 0.15) is 5.54 Å². The van der Waals surface area contributed by atoms with Gasteiger partial charge < -0.3 is 9.47 Å². The van der Waals surface area contributed by atoms with Gasteiger partial charge in [-0.1, -0.05) is 0 Å². The van der Waals surface area contributed by atoms with E-state index in [9.17, 15) is 4.79 Å². The molecule has 1 heterocycles. The summed E-state index contributed by atoms with van der Waals surface area (Å²) in [6, 6.07) is 0.481. The number of carbonyl (C=O) groups is 1. The van der Waals surface area contributed by atoms with Gasteiger partial charge in [0, 0.05) is 25.7 Å². The third kappa shape index (κ3) is 4.66. The molecule has 0 aromatic heterocycles. The summed E-state index contributed by atoms with van der Waals surface area (Å²) in [4.78, 5) is 14.5. The first-order valence-corrected chi connectivity index (χ1v) is 8.00. The molecule has 0 aromatic carbocycles. The van der Waals surface area contributed by atoms with Gasteiger partial charge in [-0.2, -0.15) is 0 Å². The molecule has 2 atom stereocenters. The molecule has 0 radical (unpaired) electrons. The molecular weight excluding hydrogens is 268 g/mol. The number of carbonyl (C=O) groups excluding carboxylic acids is 1. The highest BCUT2D eigenvalue weighted by Gasteiger charge is 2.40. The molecule has 122 valence electrons. The first-order valence-electron chi connectivity index (χ1n) is 8.00. The van der Waals surface area contributed by atoms with Crippen molar-refractivity contribution < 1.29 is 14.3 Å². The van der Waals surface area contributed by atoms with Crippen LogP contribution < -0.4 is 5.32 Å². The maximum absolute atomic E-state index is 12.1. The highest BCUT2D eigenvalue weighted by molar-refractivity contribution is 5.80. The number of hydrogen-bond donors (Lipinski definition) is 1. The van der Waals surface area contributed by atoms with E-state index in [1.54, 1.807) is 0 Å². The fraction of sp³-hybridized carbons (Fsp3) is 0.938. The predicted octanol–water partition coefficient (Wildman–Crippen LogP) is 1.56. The van der Waals surface area contributed by atoms with Crippen LogP contribution in [-0.4, -0.2) is 60.9 Å². The van der Waals surface area contributed by atoms with Gasteiger partial charge in [0.25, 0.3) is 0 Å². The molecular formula is C16H30N2O3. The number of nitrogens with zero attached hydrogens (tertiary/aromatic N) is 1. The van der Waals surface area contributed by atoms with Crippen LogP contribution in [0, 0.1) is 0 Å². The maximum atomic E-state index is 12.1. The molecule has 0 amide bonds. The molecule has 1 aliphatic carbocycles. The highest BCUT2D eigenvalue weighted by atomic mass is 16.5. The van der Waals surface area contributed by atoms with Crippen molar-refractivity contribution in [2.24, 2.45) is 0 Å². The molecule has 1 saturated heterocycles. The Morgan fingerprint density at radius 3 is 2.67 bits per heavy atom. The van der Waals surface area contributed by atoms with Crippen LogP contribution in [0.2, 0.25) is 0 Å². The molecule has 2 aliphatic rings. The summed E-state index contributed by atoms with van der Waals surface area (Å²) in [5, 5.41) is 3.46. The summed E-state index contributed by atoms with van der Waals surface area (Å²) >= 11 is 0. The lowest BCUT2D eigenvalue weighted by molar-refractivity contribution is -0.149. The molecule has 2 fully saturated rings. The minimum Gasteiger partial charge on any atom is -0.468 e. The molecule has 1 N–H and O–H groups in total. The Morgan fingerprint density at radius 2 is 2.14 bits per heavy atom. The monoisotopic (exact) mass is 298 g/mol. The van der Waals surface area contributed by atoms with Gasteiger partial charge in [0.2, 0.25) is 0 Å². The van der Waals surface area contributed by atoms with Gasteiger partial charge in [-0.25, -0.2) is 0 Å². The second kappa shape index (κ2) is 6.23. The standard InChI is InChI=1S/C16H30N2O3/c1-12-10-18(11-15(2,3)21-12)9-8-16(4,14(19)20-5)17-13-6-7-13/h12-13,17H,6-11H2,1-5H3. The lowest BCUT2D eigenvalue weighted by Crippen LogP contribution is -2.56. The third-order valence-electron chi connectivity index (χ3n) is 4.30. The van der Waals surface area contributed by atoms with Crippen molar-refractivity contribution in [3.05, 3.63) is 0 Å². The number of hydrogen-bond acceptors (Lipinski definition) is 5. The molecule has 21 heavy (non-hydrogen) atoms. The Kier molecular flexibility index (Phi) is 4.96. The maximum Gasteiger partial charge on any atom is 0.325 e. The first kappa shape index (κ1) is 16.7. The Bertz CT molecular complexity index is 382. The van der Waals surface area contributed by atoms with E-state index in [-0.39, 0.29) is 17.7 Å². The zero-order chi connectivity index (χ0) is 15.7. The Morgan fingerprint density at radius 1 is 1.48 bits per heavy atom. The zero-order valence-corrected chi connectivity index (χ0v) is 14.1. The van der Waals surface area contributed by atoms with Crippen LogP contribution in [0.4, 0.5) is 0 Å². The van der Waals surface area contributed by atoms with Crippen LogP contribution in [0.1, 0.15) is 47.0 Å². The molecule has 1 saturated carbocycles. The molecule has 0 aromatic rings. The first-order chi connectivity index (χ1) is 9.74. The number of morpholine rings is 1. The van der Waals surface area contributed by atoms with Gasteiger partial charge in [0.15, 0.2) is 0 Å². The van der Waals surface area contributed by atoms with Crippen LogP contribution in [0.15, 0.2) is 0 Å². The minimum absolute atomic E-state index is 0.122. The summed E-state index contributed by atoms with van der Waals surface area (Å²) in [7, 11) is 1.47. The number of nitrogens with one attached hydrogen (secondary N) is 1. The van der Waals surface area contributed by atoms with Gasteiger partial charge in [0.05, 0.1) is 18.8 Å². The minimum atomic E-state index is -0.582. The summed E-state index contributed by atoms with van der Waals surface area (Å²) in [6.45, 7) is 11.0. The molecule has 2 unspecified atom stereocenters. The Labute approximate surface area is 128 Å². The average Bonchev–Trinajstić information content (AvgIpc) is 3.17. The van der Waals surface area contributed by atoms with Crippen molar-refractivity contribution in [3.8, 4) is 0 Å². The SMILES string of the molecule is COC(=O)C(C)(CCN1CC(C)OC(C)(C)C1)NC1CC1. The number of methoxy groups -OCH3 is 1. The van der Waals surface area contributed by atoms with Crippen molar-refractivity contribution in [1.82, 2.24) is 10.2 Å². The van der Waals surface area contributed by atoms with Crippen LogP contribution >= 0.6 is 0 Å². The van der Waals surface area contributed by atoms with E-state index in [4.69, 9.17) is 9.47 Å². The molecule has 0 spiro atoms. The molecule has 1 aliphatic heterocycles. The van der Waals surface area contributed by atoms with E-state index in [1.165, 1.54) is 7.11 Å². The van der Waals surface area contributed by atoms with Gasteiger partial charge in [-0.15, -0.1) is 0 Å². The van der Waals surface area contributed by atoms with Crippen molar-refractivity contribution >= 4 is 5.97 Å². The summed E-state index contributed by atoms with van der Waals surface area (Å²) in [5.41, 5.74) is -0.704. The number of esters is 1. The topological polar surface area (TPSA) is 50.8 Å². The molecule has 5 heteroatoms. The quantitative estimate of drug-likeness (QED) is 0.754. The smallest absolute Gasteiger partial charge is 0.325 e. The van der Waals surface area contributed by atoms with E-state index in [0.29, 0.717) is 6.04 Å². The van der Waals surface area contributed by atoms with Crippen molar-refractivity contribution in [2.45, 2.75) is 70.2 Å². The molecule has 2 rings (SSSR count). The fourth-order valence-electron chi connectivity index (χ4n) is 3.27. The van der Waals surface area contributed by atoms with Crippen LogP contribution in [0.25, 0.3) is 0 Å². The molecule has 5 nitrogen and oxygen atoms in total.